The van der Waals surface area contributed by atoms with Gasteiger partial charge in [-0.2, -0.15) is 0 Å². The summed E-state index contributed by atoms with van der Waals surface area (Å²) in [4.78, 5) is 21.6. The number of hydrogen-bond acceptors (Lipinski definition) is 6. The lowest BCUT2D eigenvalue weighted by atomic mass is 10.1. The molecule has 2 rings (SSSR count). The lowest BCUT2D eigenvalue weighted by molar-refractivity contribution is 0.0705. The first-order valence-electron chi connectivity index (χ1n) is 5.88. The Hall–Kier alpha value is -1.73. The fraction of sp³-hybridized carbons (Fsp3) is 0.545. The van der Waals surface area contributed by atoms with Gasteiger partial charge in [-0.3, -0.25) is 10.0 Å². The molecule has 7 nitrogen and oxygen atoms in total. The third-order valence-corrected chi connectivity index (χ3v) is 3.02. The van der Waals surface area contributed by atoms with Gasteiger partial charge in [-0.15, -0.1) is 0 Å². The van der Waals surface area contributed by atoms with E-state index in [0.717, 1.165) is 13.1 Å². The molecule has 98 valence electrons. The van der Waals surface area contributed by atoms with Crippen molar-refractivity contribution in [2.24, 2.45) is 0 Å². The predicted molar refractivity (Wildman–Crippen MR) is 65.6 cm³/mol. The number of piperazine rings is 1. The molecule has 1 aromatic rings. The molecular formula is C11H17N5O2. The van der Waals surface area contributed by atoms with Crippen LogP contribution in [0.5, 0.6) is 0 Å². The number of hydrogen-bond donors (Lipinski definition) is 3. The van der Waals surface area contributed by atoms with Gasteiger partial charge in [-0.05, 0) is 13.8 Å². The number of amides is 1. The number of hydroxylamine groups is 1. The molecule has 1 fully saturated rings. The summed E-state index contributed by atoms with van der Waals surface area (Å²) < 4.78 is 0. The van der Waals surface area contributed by atoms with Gasteiger partial charge in [0.1, 0.15) is 0 Å². The third-order valence-electron chi connectivity index (χ3n) is 3.02. The molecule has 0 radical (unpaired) electrons. The molecule has 0 bridgehead atoms. The highest BCUT2D eigenvalue weighted by molar-refractivity contribution is 5.92. The first kappa shape index (κ1) is 12.7. The minimum absolute atomic E-state index is 0.233. The number of carbonyl (C=O) groups is 1. The second-order valence-corrected chi connectivity index (χ2v) is 4.52. The van der Waals surface area contributed by atoms with Crippen molar-refractivity contribution in [3.05, 3.63) is 18.0 Å². The molecule has 2 heterocycles. The van der Waals surface area contributed by atoms with Crippen LogP contribution in [0.15, 0.2) is 12.4 Å². The first-order chi connectivity index (χ1) is 8.61. The summed E-state index contributed by atoms with van der Waals surface area (Å²) in [7, 11) is 0. The maximum absolute atomic E-state index is 11.2. The Morgan fingerprint density at radius 2 is 2.17 bits per heavy atom. The average Bonchev–Trinajstić information content (AvgIpc) is 2.41. The molecule has 1 saturated heterocycles. The van der Waals surface area contributed by atoms with E-state index in [9.17, 15) is 4.79 Å². The van der Waals surface area contributed by atoms with Crippen LogP contribution >= 0.6 is 0 Å². The molecular weight excluding hydrogens is 234 g/mol. The van der Waals surface area contributed by atoms with E-state index >= 15 is 0 Å². The number of nitrogens with zero attached hydrogens (tertiary/aromatic N) is 3. The zero-order valence-corrected chi connectivity index (χ0v) is 10.4. The van der Waals surface area contributed by atoms with E-state index in [0.29, 0.717) is 18.0 Å². The fourth-order valence-corrected chi connectivity index (χ4v) is 1.95. The highest BCUT2D eigenvalue weighted by Crippen LogP contribution is 2.14. The molecule has 0 saturated carbocycles. The van der Waals surface area contributed by atoms with Gasteiger partial charge in [0, 0.05) is 37.6 Å². The summed E-state index contributed by atoms with van der Waals surface area (Å²) in [6.45, 7) is 5.90. The van der Waals surface area contributed by atoms with Crippen LogP contribution < -0.4 is 15.7 Å². The monoisotopic (exact) mass is 251 g/mol. The van der Waals surface area contributed by atoms with E-state index in [1.165, 1.54) is 12.4 Å². The van der Waals surface area contributed by atoms with Crippen LogP contribution in [0, 0.1) is 0 Å². The highest BCUT2D eigenvalue weighted by Gasteiger charge is 2.24. The Balaban J connectivity index is 2.15. The van der Waals surface area contributed by atoms with Crippen molar-refractivity contribution in [2.75, 3.05) is 18.0 Å². The fourth-order valence-electron chi connectivity index (χ4n) is 1.95. The lowest BCUT2D eigenvalue weighted by Gasteiger charge is -2.37. The van der Waals surface area contributed by atoms with Crippen molar-refractivity contribution in [1.29, 1.82) is 0 Å². The number of nitrogens with one attached hydrogen (secondary N) is 2. The normalized spacial score (nSPS) is 23.8. The Bertz CT molecular complexity index is 422. The van der Waals surface area contributed by atoms with Crippen LogP contribution in [0.3, 0.4) is 0 Å². The van der Waals surface area contributed by atoms with Crippen LogP contribution in [-0.2, 0) is 0 Å². The van der Waals surface area contributed by atoms with E-state index in [1.54, 1.807) is 5.48 Å². The SMILES string of the molecule is C[C@H]1CN(c2ncc(C(=O)NO)cn2)[C@@H](C)CN1. The molecule has 7 heteroatoms. The number of anilines is 1. The predicted octanol–water partition coefficient (Wildman–Crippen LogP) is -0.218. The van der Waals surface area contributed by atoms with Crippen molar-refractivity contribution in [1.82, 2.24) is 20.8 Å². The van der Waals surface area contributed by atoms with Crippen molar-refractivity contribution >= 4 is 11.9 Å². The number of rotatable bonds is 2. The quantitative estimate of drug-likeness (QED) is 0.497. The van der Waals surface area contributed by atoms with E-state index in [1.807, 2.05) is 0 Å². The van der Waals surface area contributed by atoms with Crippen LogP contribution in [0.25, 0.3) is 0 Å². The van der Waals surface area contributed by atoms with Crippen LogP contribution in [0.4, 0.5) is 5.95 Å². The average molecular weight is 251 g/mol. The zero-order valence-electron chi connectivity index (χ0n) is 10.4. The smallest absolute Gasteiger partial charge is 0.277 e. The molecule has 0 spiro atoms. The number of carbonyl (C=O) groups excluding carboxylic acids is 1. The maximum atomic E-state index is 11.2. The van der Waals surface area contributed by atoms with Gasteiger partial charge < -0.3 is 10.2 Å². The van der Waals surface area contributed by atoms with Gasteiger partial charge in [0.2, 0.25) is 5.95 Å². The largest absolute Gasteiger partial charge is 0.335 e. The molecule has 1 aliphatic heterocycles. The lowest BCUT2D eigenvalue weighted by Crippen LogP contribution is -2.55. The Labute approximate surface area is 105 Å². The summed E-state index contributed by atoms with van der Waals surface area (Å²) in [5, 5.41) is 11.9. The minimum Gasteiger partial charge on any atom is -0.335 e. The molecule has 18 heavy (non-hydrogen) atoms. The molecule has 0 unspecified atom stereocenters. The van der Waals surface area contributed by atoms with Crippen molar-refractivity contribution in [3.63, 3.8) is 0 Å². The van der Waals surface area contributed by atoms with Crippen molar-refractivity contribution in [2.45, 2.75) is 25.9 Å². The molecule has 0 aromatic carbocycles. The van der Waals surface area contributed by atoms with Gasteiger partial charge in [0.05, 0.1) is 5.56 Å². The zero-order chi connectivity index (χ0) is 13.1. The Morgan fingerprint density at radius 1 is 1.50 bits per heavy atom. The summed E-state index contributed by atoms with van der Waals surface area (Å²) in [5.41, 5.74) is 1.79. The van der Waals surface area contributed by atoms with E-state index < -0.39 is 5.91 Å². The van der Waals surface area contributed by atoms with Crippen molar-refractivity contribution in [3.8, 4) is 0 Å². The van der Waals surface area contributed by atoms with Crippen LogP contribution in [0.1, 0.15) is 24.2 Å². The molecule has 2 atom stereocenters. The Morgan fingerprint density at radius 3 is 2.78 bits per heavy atom. The van der Waals surface area contributed by atoms with E-state index in [-0.39, 0.29) is 5.56 Å². The standard InChI is InChI=1S/C11H17N5O2/c1-7-6-16(8(2)3-12-7)11-13-4-9(5-14-11)10(17)15-18/h4-5,7-8,12,18H,3,6H2,1-2H3,(H,15,17)/t7-,8-/m0/s1. The van der Waals surface area contributed by atoms with Crippen LogP contribution in [-0.4, -0.2) is 46.3 Å². The van der Waals surface area contributed by atoms with Crippen molar-refractivity contribution < 1.29 is 10.0 Å². The van der Waals surface area contributed by atoms with Gasteiger partial charge in [-0.25, -0.2) is 15.4 Å². The minimum atomic E-state index is -0.608. The molecule has 1 aliphatic rings. The second-order valence-electron chi connectivity index (χ2n) is 4.52. The first-order valence-corrected chi connectivity index (χ1v) is 5.88. The van der Waals surface area contributed by atoms with Gasteiger partial charge in [0.25, 0.3) is 5.91 Å². The topological polar surface area (TPSA) is 90.4 Å². The third kappa shape index (κ3) is 2.57. The van der Waals surface area contributed by atoms with Gasteiger partial charge >= 0.3 is 0 Å². The molecule has 1 aromatic heterocycles. The van der Waals surface area contributed by atoms with Crippen LogP contribution in [0.2, 0.25) is 0 Å². The second kappa shape index (κ2) is 5.28. The Kier molecular flexibility index (Phi) is 3.73. The molecule has 3 N–H and O–H groups in total. The van der Waals surface area contributed by atoms with Gasteiger partial charge in [0.15, 0.2) is 0 Å². The summed E-state index contributed by atoms with van der Waals surface area (Å²) in [5.74, 6) is -0.00591. The van der Waals surface area contributed by atoms with E-state index in [2.05, 4.69) is 34.0 Å². The molecule has 0 aliphatic carbocycles. The number of aromatic nitrogens is 2. The highest BCUT2D eigenvalue weighted by atomic mass is 16.5. The van der Waals surface area contributed by atoms with E-state index in [4.69, 9.17) is 5.21 Å². The summed E-state index contributed by atoms with van der Waals surface area (Å²) >= 11 is 0. The molecule has 1 amide bonds. The maximum Gasteiger partial charge on any atom is 0.277 e. The summed E-state index contributed by atoms with van der Waals surface area (Å²) in [6.07, 6.45) is 2.82. The van der Waals surface area contributed by atoms with Gasteiger partial charge in [-0.1, -0.05) is 0 Å². The summed E-state index contributed by atoms with van der Waals surface area (Å²) in [6, 6.07) is 0.684.